The highest BCUT2D eigenvalue weighted by atomic mass is 32.1. The first-order chi connectivity index (χ1) is 17.3. The summed E-state index contributed by atoms with van der Waals surface area (Å²) in [5, 5.41) is 36.8. The van der Waals surface area contributed by atoms with Crippen molar-refractivity contribution in [2.45, 2.75) is 104 Å². The number of carboxylic acid groups (broad SMARTS) is 1. The summed E-state index contributed by atoms with van der Waals surface area (Å²) in [5.74, 6) is -2.43. The van der Waals surface area contributed by atoms with Crippen molar-refractivity contribution in [1.29, 1.82) is 0 Å². The van der Waals surface area contributed by atoms with E-state index in [0.29, 0.717) is 12.8 Å². The van der Waals surface area contributed by atoms with Gasteiger partial charge in [0.1, 0.15) is 5.78 Å². The summed E-state index contributed by atoms with van der Waals surface area (Å²) in [5.41, 5.74) is 9.51. The molecule has 1 saturated heterocycles. The smallest absolute Gasteiger partial charge is 0.306 e. The predicted octanol–water partition coefficient (Wildman–Crippen LogP) is 4.93. The third-order valence-corrected chi connectivity index (χ3v) is 8.16. The lowest BCUT2D eigenvalue weighted by molar-refractivity contribution is -0.147. The van der Waals surface area contributed by atoms with Gasteiger partial charge in [0.2, 0.25) is 0 Å². The number of aromatic nitrogens is 1. The van der Waals surface area contributed by atoms with Crippen LogP contribution in [-0.2, 0) is 14.3 Å². The number of rotatable bonds is 16. The Labute approximate surface area is 222 Å². The molecule has 0 bridgehead atoms. The van der Waals surface area contributed by atoms with Gasteiger partial charge in [-0.1, -0.05) is 44.8 Å². The summed E-state index contributed by atoms with van der Waals surface area (Å²) < 4.78 is 5.81. The molecule has 0 aliphatic carbocycles. The van der Waals surface area contributed by atoms with Gasteiger partial charge in [0.15, 0.2) is 0 Å². The molecule has 0 radical (unpaired) electrons. The minimum Gasteiger partial charge on any atom is -0.481 e. The number of aliphatic hydroxyl groups is 2. The van der Waals surface area contributed by atoms with E-state index in [-0.39, 0.29) is 30.0 Å². The van der Waals surface area contributed by atoms with Crippen molar-refractivity contribution < 1.29 is 29.6 Å². The van der Waals surface area contributed by atoms with E-state index in [2.05, 4.69) is 15.0 Å². The fraction of sp³-hybridized carbons (Fsp3) is 0.731. The predicted molar refractivity (Wildman–Crippen MR) is 142 cm³/mol. The monoisotopic (exact) mass is 536 g/mol. The van der Waals surface area contributed by atoms with E-state index in [0.717, 1.165) is 29.1 Å². The molecule has 0 amide bonds. The number of epoxide rings is 1. The zero-order chi connectivity index (χ0) is 27.9. The number of ketones is 1. The molecule has 11 heteroatoms. The number of aryl methyl sites for hydroxylation is 1. The highest BCUT2D eigenvalue weighted by Crippen LogP contribution is 2.35. The first-order valence-electron chi connectivity index (χ1n) is 12.7. The first-order valence-corrected chi connectivity index (χ1v) is 13.6. The number of carbonyl (C=O) groups excluding carboxylic acids is 1. The van der Waals surface area contributed by atoms with Crippen LogP contribution in [0.3, 0.4) is 0 Å². The number of hydrogen-bond donors (Lipinski definition) is 3. The van der Waals surface area contributed by atoms with E-state index < -0.39 is 35.9 Å². The minimum atomic E-state index is -1.33. The van der Waals surface area contributed by atoms with E-state index in [1.54, 1.807) is 18.3 Å². The molecular weight excluding hydrogens is 496 g/mol. The second kappa shape index (κ2) is 13.5. The lowest BCUT2D eigenvalue weighted by atomic mass is 9.73. The summed E-state index contributed by atoms with van der Waals surface area (Å²) in [6.07, 6.45) is 2.12. The zero-order valence-corrected chi connectivity index (χ0v) is 23.3. The molecule has 3 N–H and O–H groups in total. The van der Waals surface area contributed by atoms with Gasteiger partial charge in [-0.25, -0.2) is 4.98 Å². The third kappa shape index (κ3) is 8.90. The van der Waals surface area contributed by atoms with E-state index in [4.69, 9.17) is 15.4 Å². The fourth-order valence-corrected chi connectivity index (χ4v) is 5.22. The number of carbonyl (C=O) groups is 2. The second-order valence-electron chi connectivity index (χ2n) is 10.7. The number of Topliss-reactive ketones (excluding diaryl/α,β-unsaturated/α-hetero) is 1. The number of azide groups is 1. The van der Waals surface area contributed by atoms with Gasteiger partial charge >= 0.3 is 5.97 Å². The first kappa shape index (κ1) is 30.9. The lowest BCUT2D eigenvalue weighted by Gasteiger charge is -2.34. The molecule has 0 saturated carbocycles. The Morgan fingerprint density at radius 2 is 2.00 bits per heavy atom. The van der Waals surface area contributed by atoms with E-state index >= 15 is 0 Å². The Bertz CT molecular complexity index is 1020. The Morgan fingerprint density at radius 1 is 1.32 bits per heavy atom. The van der Waals surface area contributed by atoms with Crippen molar-refractivity contribution in [2.75, 3.05) is 0 Å². The number of aliphatic carboxylic acids is 1. The van der Waals surface area contributed by atoms with Gasteiger partial charge in [-0.15, -0.1) is 11.3 Å². The van der Waals surface area contributed by atoms with Gasteiger partial charge in [0.25, 0.3) is 0 Å². The van der Waals surface area contributed by atoms with Crippen LogP contribution in [0.15, 0.2) is 16.1 Å². The fourth-order valence-electron chi connectivity index (χ4n) is 4.65. The van der Waals surface area contributed by atoms with Crippen molar-refractivity contribution in [3.63, 3.8) is 0 Å². The summed E-state index contributed by atoms with van der Waals surface area (Å²) in [6, 6.07) is -0.311. The Kier molecular flexibility index (Phi) is 11.3. The molecule has 2 heterocycles. The van der Waals surface area contributed by atoms with Gasteiger partial charge in [-0.2, -0.15) is 0 Å². The van der Waals surface area contributed by atoms with Gasteiger partial charge in [-0.05, 0) is 50.6 Å². The number of aliphatic hydroxyl groups excluding tert-OH is 2. The molecule has 2 rings (SSSR count). The molecule has 1 aromatic heterocycles. The Hall–Kier alpha value is -2.30. The summed E-state index contributed by atoms with van der Waals surface area (Å²) >= 11 is 1.57. The average Bonchev–Trinajstić information content (AvgIpc) is 3.44. The molecule has 0 unspecified atom stereocenters. The maximum Gasteiger partial charge on any atom is 0.306 e. The van der Waals surface area contributed by atoms with Crippen LogP contribution in [0.5, 0.6) is 0 Å². The van der Waals surface area contributed by atoms with Gasteiger partial charge in [-0.3, -0.25) is 9.59 Å². The summed E-state index contributed by atoms with van der Waals surface area (Å²) in [4.78, 5) is 31.3. The maximum atomic E-state index is 12.9. The van der Waals surface area contributed by atoms with Crippen molar-refractivity contribution >= 4 is 29.2 Å². The third-order valence-electron chi connectivity index (χ3n) is 7.37. The van der Waals surface area contributed by atoms with Crippen molar-refractivity contribution in [3.8, 4) is 0 Å². The largest absolute Gasteiger partial charge is 0.481 e. The SMILES string of the molecule is C/C(=C\c1csc(C)n1)[C@H](C[C@@H]1O[C@@H]1CCC[C@H](C)[C@H](O)[C@@H](C)C(=O)C(C)(C)[C@@H](O)CC(=O)O)N=[N+]=[N-]. The quantitative estimate of drug-likeness (QED) is 0.116. The topological polar surface area (TPSA) is 169 Å². The molecule has 1 aliphatic heterocycles. The van der Waals surface area contributed by atoms with Gasteiger partial charge in [0, 0.05) is 16.2 Å². The van der Waals surface area contributed by atoms with E-state index in [9.17, 15) is 19.8 Å². The zero-order valence-electron chi connectivity index (χ0n) is 22.5. The van der Waals surface area contributed by atoms with E-state index in [1.165, 1.54) is 13.8 Å². The minimum absolute atomic E-state index is 0.00766. The Morgan fingerprint density at radius 3 is 2.57 bits per heavy atom. The number of carboxylic acids is 1. The number of thiazole rings is 1. The standard InChI is InChI=1S/C26H40N4O6S/c1-14(24(34)16(3)25(35)26(5,6)22(31)12-23(32)33)8-7-9-20-21(36-20)11-19(29-30-27)15(2)10-18-13-37-17(4)28-18/h10,13-14,16,19-22,24,31,34H,7-9,11-12H2,1-6H3,(H,32,33)/b15-10+/t14-,16+,19-,20+,21-,22-,24-/m0/s1. The van der Waals surface area contributed by atoms with Crippen LogP contribution < -0.4 is 0 Å². The molecule has 0 spiro atoms. The van der Waals surface area contributed by atoms with Crippen LogP contribution >= 0.6 is 11.3 Å². The molecule has 1 aliphatic rings. The molecule has 10 nitrogen and oxygen atoms in total. The molecule has 1 aromatic rings. The summed E-state index contributed by atoms with van der Waals surface area (Å²) in [7, 11) is 0. The van der Waals surface area contributed by atoms with Gasteiger partial charge in [0.05, 0.1) is 53.0 Å². The van der Waals surface area contributed by atoms with Crippen LogP contribution in [-0.4, -0.2) is 62.5 Å². The lowest BCUT2D eigenvalue weighted by Crippen LogP contribution is -2.45. The van der Waals surface area contributed by atoms with Crippen LogP contribution in [0.25, 0.3) is 16.5 Å². The molecular formula is C26H40N4O6S. The Balaban J connectivity index is 1.82. The van der Waals surface area contributed by atoms with Crippen molar-refractivity contribution in [1.82, 2.24) is 4.98 Å². The van der Waals surface area contributed by atoms with E-state index in [1.807, 2.05) is 32.2 Å². The van der Waals surface area contributed by atoms with Crippen LogP contribution in [0, 0.1) is 24.2 Å². The molecule has 206 valence electrons. The molecule has 37 heavy (non-hydrogen) atoms. The number of nitrogens with zero attached hydrogens (tertiary/aromatic N) is 4. The van der Waals surface area contributed by atoms with Gasteiger partial charge < -0.3 is 20.1 Å². The second-order valence-corrected chi connectivity index (χ2v) is 11.8. The van der Waals surface area contributed by atoms with Crippen LogP contribution in [0.2, 0.25) is 0 Å². The molecule has 0 aromatic carbocycles. The normalized spacial score (nSPS) is 21.9. The average molecular weight is 537 g/mol. The molecule has 7 atom stereocenters. The number of ether oxygens (including phenoxy) is 1. The summed E-state index contributed by atoms with van der Waals surface area (Å²) in [6.45, 7) is 10.4. The van der Waals surface area contributed by atoms with Crippen LogP contribution in [0.1, 0.15) is 77.4 Å². The highest BCUT2D eigenvalue weighted by molar-refractivity contribution is 7.09. The number of hydrogen-bond acceptors (Lipinski definition) is 8. The molecule has 1 fully saturated rings. The van der Waals surface area contributed by atoms with Crippen LogP contribution in [0.4, 0.5) is 0 Å². The maximum absolute atomic E-state index is 12.9. The van der Waals surface area contributed by atoms with Crippen molar-refractivity contribution in [2.24, 2.45) is 22.4 Å². The van der Waals surface area contributed by atoms with Crippen molar-refractivity contribution in [3.05, 3.63) is 32.1 Å². The highest BCUT2D eigenvalue weighted by Gasteiger charge is 2.42.